The van der Waals surface area contributed by atoms with Crippen LogP contribution in [0.15, 0.2) is 60.7 Å². The van der Waals surface area contributed by atoms with E-state index in [9.17, 15) is 22.0 Å². The summed E-state index contributed by atoms with van der Waals surface area (Å²) in [6.45, 7) is 2.19. The molecule has 1 nitrogen and oxygen atoms in total. The summed E-state index contributed by atoms with van der Waals surface area (Å²) < 4.78 is 134. The molecule has 48 heavy (non-hydrogen) atoms. The lowest BCUT2D eigenvalue weighted by molar-refractivity contribution is -0.189. The lowest BCUT2D eigenvalue weighted by atomic mass is 9.77. The summed E-state index contributed by atoms with van der Waals surface area (Å²) in [6, 6.07) is 10.2. The van der Waals surface area contributed by atoms with Crippen molar-refractivity contribution in [1.82, 2.24) is 0 Å². The number of hydrogen-bond donors (Lipinski definition) is 0. The summed E-state index contributed by atoms with van der Waals surface area (Å²) in [5.74, 6) is -7.25. The first-order valence-electron chi connectivity index (χ1n) is 15.7. The van der Waals surface area contributed by atoms with Crippen LogP contribution in [0.2, 0.25) is 0 Å². The maximum absolute atomic E-state index is 15.0. The Morgan fingerprint density at radius 1 is 0.667 bits per heavy atom. The van der Waals surface area contributed by atoms with E-state index in [1.165, 1.54) is 25.7 Å². The number of alkyl halides is 2. The first kappa shape index (κ1) is 34.9. The molecule has 252 valence electrons. The molecule has 0 radical (unpaired) electrons. The van der Waals surface area contributed by atoms with Crippen LogP contribution in [-0.2, 0) is 6.11 Å². The number of halogens is 9. The largest absolute Gasteiger partial charge is 0.432 e. The molecule has 1 fully saturated rings. The van der Waals surface area contributed by atoms with E-state index in [-0.39, 0.29) is 5.56 Å². The predicted molar refractivity (Wildman–Crippen MR) is 164 cm³/mol. The van der Waals surface area contributed by atoms with Crippen molar-refractivity contribution in [2.75, 3.05) is 0 Å². The fraction of sp³-hybridized carbons (Fsp3) is 0.316. The van der Waals surface area contributed by atoms with E-state index in [2.05, 4.69) is 11.7 Å². The fourth-order valence-corrected chi connectivity index (χ4v) is 6.12. The predicted octanol–water partition coefficient (Wildman–Crippen LogP) is 11.7. The van der Waals surface area contributed by atoms with Crippen LogP contribution in [-0.4, -0.2) is 0 Å². The van der Waals surface area contributed by atoms with Gasteiger partial charge < -0.3 is 4.74 Å². The second kappa shape index (κ2) is 14.8. The Hall–Kier alpha value is -4.39. The van der Waals surface area contributed by atoms with Crippen LogP contribution in [0.25, 0.3) is 11.1 Å². The molecule has 0 heterocycles. The lowest BCUT2D eigenvalue weighted by Crippen LogP contribution is -2.25. The Bertz CT molecular complexity index is 1760. The Kier molecular flexibility index (Phi) is 10.8. The average molecular weight is 675 g/mol. The van der Waals surface area contributed by atoms with E-state index in [1.807, 2.05) is 24.0 Å². The molecule has 0 saturated heterocycles. The van der Waals surface area contributed by atoms with Gasteiger partial charge in [0.05, 0.1) is 5.56 Å². The van der Waals surface area contributed by atoms with Crippen LogP contribution >= 0.6 is 0 Å². The van der Waals surface area contributed by atoms with Gasteiger partial charge in [0.1, 0.15) is 34.6 Å². The van der Waals surface area contributed by atoms with E-state index >= 15 is 17.6 Å². The molecule has 4 aromatic carbocycles. The third-order valence-electron chi connectivity index (χ3n) is 8.69. The molecular formula is C38H31F9O. The number of rotatable bonds is 9. The first-order chi connectivity index (χ1) is 22.9. The number of hydrogen-bond acceptors (Lipinski definition) is 1. The van der Waals surface area contributed by atoms with Crippen molar-refractivity contribution in [3.8, 4) is 28.7 Å². The smallest absolute Gasteiger partial charge is 0.429 e. The highest BCUT2D eigenvalue weighted by Gasteiger charge is 2.41. The Balaban J connectivity index is 1.29. The van der Waals surface area contributed by atoms with Gasteiger partial charge in [-0.3, -0.25) is 0 Å². The summed E-state index contributed by atoms with van der Waals surface area (Å²) in [6.07, 6.45) is 4.69. The Morgan fingerprint density at radius 3 is 1.81 bits per heavy atom. The highest BCUT2D eigenvalue weighted by atomic mass is 19.3. The number of unbranched alkanes of at least 4 members (excludes halogenated alkanes) is 2. The quantitative estimate of drug-likeness (QED) is 0.0743. The molecule has 1 saturated carbocycles. The van der Waals surface area contributed by atoms with Crippen molar-refractivity contribution in [2.45, 2.75) is 70.3 Å². The van der Waals surface area contributed by atoms with Gasteiger partial charge in [-0.25, -0.2) is 30.7 Å². The summed E-state index contributed by atoms with van der Waals surface area (Å²) in [4.78, 5) is 0. The second-order valence-corrected chi connectivity index (χ2v) is 12.0. The van der Waals surface area contributed by atoms with E-state index in [0.717, 1.165) is 49.3 Å². The zero-order valence-corrected chi connectivity index (χ0v) is 25.9. The monoisotopic (exact) mass is 674 g/mol. The van der Waals surface area contributed by atoms with E-state index in [1.54, 1.807) is 12.1 Å². The summed E-state index contributed by atoms with van der Waals surface area (Å²) in [5, 5.41) is 0. The van der Waals surface area contributed by atoms with Crippen molar-refractivity contribution in [1.29, 1.82) is 0 Å². The molecule has 4 aromatic rings. The third-order valence-corrected chi connectivity index (χ3v) is 8.69. The van der Waals surface area contributed by atoms with Gasteiger partial charge in [0.25, 0.3) is 0 Å². The summed E-state index contributed by atoms with van der Waals surface area (Å²) >= 11 is 0. The van der Waals surface area contributed by atoms with E-state index < -0.39 is 69.3 Å². The first-order valence-corrected chi connectivity index (χ1v) is 15.7. The van der Waals surface area contributed by atoms with Gasteiger partial charge in [0.15, 0.2) is 17.5 Å². The molecule has 10 heteroatoms. The number of ether oxygens (including phenoxy) is 1. The molecule has 5 rings (SSSR count). The van der Waals surface area contributed by atoms with Crippen LogP contribution in [0.4, 0.5) is 39.5 Å². The highest BCUT2D eigenvalue weighted by Crippen LogP contribution is 2.40. The van der Waals surface area contributed by atoms with Crippen molar-refractivity contribution in [3.05, 3.63) is 124 Å². The standard InChI is InChI=1S/C38H31F9O/c1-2-3-4-5-22-6-9-24(10-7-22)25-11-13-26(14-12-25)27-18-32(41)36(33(42)19-27)38(46,47)48-28-20-30(39)29(31(40)21-28)15-8-23-16-34(43)37(45)35(44)17-23/h11-14,16-22,24H,2-7,9-10H2,1H3. The van der Waals surface area contributed by atoms with Gasteiger partial charge in [-0.1, -0.05) is 68.7 Å². The molecule has 1 aliphatic carbocycles. The van der Waals surface area contributed by atoms with Crippen molar-refractivity contribution >= 4 is 0 Å². The van der Waals surface area contributed by atoms with Crippen molar-refractivity contribution < 1.29 is 44.3 Å². The maximum atomic E-state index is 15.0. The normalized spacial score (nSPS) is 16.4. The zero-order chi connectivity index (χ0) is 34.6. The minimum Gasteiger partial charge on any atom is -0.429 e. The molecule has 0 unspecified atom stereocenters. The second-order valence-electron chi connectivity index (χ2n) is 12.0. The molecule has 1 aliphatic rings. The number of benzene rings is 4. The molecule has 0 aromatic heterocycles. The van der Waals surface area contributed by atoms with Gasteiger partial charge in [-0.2, -0.15) is 8.78 Å². The van der Waals surface area contributed by atoms with Crippen LogP contribution in [0.5, 0.6) is 5.75 Å². The van der Waals surface area contributed by atoms with Crippen molar-refractivity contribution in [2.24, 2.45) is 5.92 Å². The zero-order valence-electron chi connectivity index (χ0n) is 25.9. The van der Waals surface area contributed by atoms with Gasteiger partial charge >= 0.3 is 6.11 Å². The molecule has 0 spiro atoms. The van der Waals surface area contributed by atoms with Crippen LogP contribution in [0.1, 0.15) is 86.5 Å². The van der Waals surface area contributed by atoms with E-state index in [0.29, 0.717) is 35.7 Å². The Labute approximate surface area is 272 Å². The fourth-order valence-electron chi connectivity index (χ4n) is 6.12. The molecule has 0 N–H and O–H groups in total. The highest BCUT2D eigenvalue weighted by molar-refractivity contribution is 5.65. The lowest BCUT2D eigenvalue weighted by Gasteiger charge is -2.29. The Morgan fingerprint density at radius 2 is 1.25 bits per heavy atom. The summed E-state index contributed by atoms with van der Waals surface area (Å²) in [7, 11) is 0. The maximum Gasteiger partial charge on any atom is 0.432 e. The van der Waals surface area contributed by atoms with Crippen LogP contribution in [0, 0.1) is 58.5 Å². The molecule has 0 bridgehead atoms. The topological polar surface area (TPSA) is 9.23 Å². The average Bonchev–Trinajstić information content (AvgIpc) is 3.03. The van der Waals surface area contributed by atoms with Gasteiger partial charge in [0, 0.05) is 17.7 Å². The summed E-state index contributed by atoms with van der Waals surface area (Å²) in [5.41, 5.74) is -1.68. The molecule has 0 amide bonds. The molecular weight excluding hydrogens is 643 g/mol. The van der Waals surface area contributed by atoms with Gasteiger partial charge in [0.2, 0.25) is 0 Å². The van der Waals surface area contributed by atoms with Crippen molar-refractivity contribution in [3.63, 3.8) is 0 Å². The van der Waals surface area contributed by atoms with Crippen LogP contribution < -0.4 is 4.74 Å². The van der Waals surface area contributed by atoms with Gasteiger partial charge in [-0.15, -0.1) is 0 Å². The third kappa shape index (κ3) is 8.00. The SMILES string of the molecule is CCCCCC1CCC(c2ccc(-c3cc(F)c(C(F)(F)Oc4cc(F)c(C#Cc5cc(F)c(F)c(F)c5)c(F)c4)c(F)c3)cc2)CC1. The minimum atomic E-state index is -4.69. The van der Waals surface area contributed by atoms with Crippen LogP contribution in [0.3, 0.4) is 0 Å². The van der Waals surface area contributed by atoms with E-state index in [4.69, 9.17) is 0 Å². The molecule has 0 aliphatic heterocycles. The molecule has 0 atom stereocenters. The minimum absolute atomic E-state index is 0.0108. The van der Waals surface area contributed by atoms with Gasteiger partial charge in [-0.05, 0) is 78.5 Å².